The monoisotopic (exact) mass is 341 g/mol. The zero-order chi connectivity index (χ0) is 15.9. The Balaban J connectivity index is 2.07. The third-order valence-electron chi connectivity index (χ3n) is 3.75. The number of aliphatic hydroxyl groups is 1. The summed E-state index contributed by atoms with van der Waals surface area (Å²) in [5, 5.41) is 10.00. The smallest absolute Gasteiger partial charge is 0.273 e. The molecule has 1 atom stereocenters. The molecule has 4 nitrogen and oxygen atoms in total. The lowest BCUT2D eigenvalue weighted by Gasteiger charge is -2.32. The van der Waals surface area contributed by atoms with E-state index in [2.05, 4.69) is 0 Å². The van der Waals surface area contributed by atoms with Crippen molar-refractivity contribution in [3.63, 3.8) is 0 Å². The molecule has 2 aromatic rings. The highest BCUT2D eigenvalue weighted by atomic mass is 32.2. The van der Waals surface area contributed by atoms with Crippen molar-refractivity contribution < 1.29 is 17.9 Å². The number of nitrogens with zero attached hydrogens (tertiary/aromatic N) is 1. The molecule has 1 N–H and O–H groups in total. The average molecular weight is 341 g/mol. The van der Waals surface area contributed by atoms with Crippen LogP contribution in [0.3, 0.4) is 0 Å². The lowest BCUT2D eigenvalue weighted by atomic mass is 10.0. The first-order valence-corrected chi connectivity index (χ1v) is 9.28. The van der Waals surface area contributed by atoms with Crippen LogP contribution in [0.25, 0.3) is 0 Å². The van der Waals surface area contributed by atoms with E-state index in [1.165, 1.54) is 33.8 Å². The molecular formula is C15H16FNO3S2. The van der Waals surface area contributed by atoms with Gasteiger partial charge in [0.2, 0.25) is 0 Å². The number of hydrogen-bond acceptors (Lipinski definition) is 4. The first-order valence-electron chi connectivity index (χ1n) is 7.02. The summed E-state index contributed by atoms with van der Waals surface area (Å²) >= 11 is 1.25. The standard InChI is InChI=1S/C15H16FNO3S2/c1-2-11-4-6-15(21-11)22(19,20)17-8-7-14(18)12-9-10(16)3-5-13(12)17/h3-6,9,14,18H,2,7-8H2,1H3. The number of sulfonamides is 1. The van der Waals surface area contributed by atoms with Gasteiger partial charge in [-0.2, -0.15) is 0 Å². The number of anilines is 1. The molecule has 3 rings (SSSR count). The van der Waals surface area contributed by atoms with Crippen LogP contribution in [0, 0.1) is 5.82 Å². The van der Waals surface area contributed by atoms with Crippen LogP contribution in [-0.2, 0) is 16.4 Å². The predicted molar refractivity (Wildman–Crippen MR) is 84.2 cm³/mol. The average Bonchev–Trinajstić information content (AvgIpc) is 2.97. The van der Waals surface area contributed by atoms with Gasteiger partial charge >= 0.3 is 0 Å². The second kappa shape index (κ2) is 5.64. The van der Waals surface area contributed by atoms with Crippen LogP contribution in [0.5, 0.6) is 0 Å². The van der Waals surface area contributed by atoms with E-state index in [1.807, 2.05) is 13.0 Å². The molecule has 0 aliphatic carbocycles. The van der Waals surface area contributed by atoms with Gasteiger partial charge < -0.3 is 5.11 Å². The number of aryl methyl sites for hydroxylation is 1. The first kappa shape index (κ1) is 15.5. The minimum Gasteiger partial charge on any atom is -0.388 e. The highest BCUT2D eigenvalue weighted by molar-refractivity contribution is 7.94. The molecule has 0 saturated carbocycles. The van der Waals surface area contributed by atoms with Gasteiger partial charge in [0.25, 0.3) is 10.0 Å². The molecule has 0 bridgehead atoms. The highest BCUT2D eigenvalue weighted by Crippen LogP contribution is 2.38. The van der Waals surface area contributed by atoms with Crippen molar-refractivity contribution in [2.24, 2.45) is 0 Å². The van der Waals surface area contributed by atoms with Crippen molar-refractivity contribution in [1.82, 2.24) is 0 Å². The maximum absolute atomic E-state index is 13.4. The summed E-state index contributed by atoms with van der Waals surface area (Å²) in [4.78, 5) is 0.995. The van der Waals surface area contributed by atoms with Crippen LogP contribution >= 0.6 is 11.3 Å². The third-order valence-corrected chi connectivity index (χ3v) is 7.26. The van der Waals surface area contributed by atoms with Crippen LogP contribution in [0.4, 0.5) is 10.1 Å². The summed E-state index contributed by atoms with van der Waals surface area (Å²) < 4.78 is 40.6. The fourth-order valence-electron chi connectivity index (χ4n) is 2.58. The Morgan fingerprint density at radius 2 is 2.14 bits per heavy atom. The second-order valence-electron chi connectivity index (χ2n) is 5.16. The molecule has 22 heavy (non-hydrogen) atoms. The van der Waals surface area contributed by atoms with Crippen LogP contribution in [0.2, 0.25) is 0 Å². The third kappa shape index (κ3) is 2.53. The lowest BCUT2D eigenvalue weighted by molar-refractivity contribution is 0.166. The summed E-state index contributed by atoms with van der Waals surface area (Å²) in [6.07, 6.45) is 0.189. The zero-order valence-electron chi connectivity index (χ0n) is 12.0. The number of hydrogen-bond donors (Lipinski definition) is 1. The van der Waals surface area contributed by atoms with Gasteiger partial charge in [0.1, 0.15) is 10.0 Å². The van der Waals surface area contributed by atoms with Gasteiger partial charge in [0.15, 0.2) is 0 Å². The van der Waals surface area contributed by atoms with E-state index in [0.29, 0.717) is 11.3 Å². The summed E-state index contributed by atoms with van der Waals surface area (Å²) in [6, 6.07) is 7.24. The molecule has 0 fully saturated rings. The molecule has 0 amide bonds. The number of halogens is 1. The Bertz CT molecular complexity index is 801. The highest BCUT2D eigenvalue weighted by Gasteiger charge is 2.33. The Morgan fingerprint density at radius 3 is 2.82 bits per heavy atom. The quantitative estimate of drug-likeness (QED) is 0.933. The SMILES string of the molecule is CCc1ccc(S(=O)(=O)N2CCC(O)c3cc(F)ccc32)s1. The van der Waals surface area contributed by atoms with Crippen molar-refractivity contribution >= 4 is 27.0 Å². The number of aliphatic hydroxyl groups excluding tert-OH is 1. The van der Waals surface area contributed by atoms with Crippen LogP contribution < -0.4 is 4.31 Å². The van der Waals surface area contributed by atoms with Crippen molar-refractivity contribution in [2.75, 3.05) is 10.8 Å². The molecule has 0 saturated heterocycles. The zero-order valence-corrected chi connectivity index (χ0v) is 13.6. The van der Waals surface area contributed by atoms with Crippen LogP contribution in [0.15, 0.2) is 34.5 Å². The largest absolute Gasteiger partial charge is 0.388 e. The minimum absolute atomic E-state index is 0.182. The minimum atomic E-state index is -3.68. The summed E-state index contributed by atoms with van der Waals surface area (Å²) in [6.45, 7) is 2.15. The Hall–Kier alpha value is -1.44. The number of fused-ring (bicyclic) bond motifs is 1. The van der Waals surface area contributed by atoms with E-state index in [0.717, 1.165) is 11.3 Å². The molecule has 1 aliphatic heterocycles. The maximum Gasteiger partial charge on any atom is 0.273 e. The molecular weight excluding hydrogens is 325 g/mol. The summed E-state index contributed by atoms with van der Waals surface area (Å²) in [7, 11) is -3.68. The predicted octanol–water partition coefficient (Wildman–Crippen LogP) is 3.08. The van der Waals surface area contributed by atoms with E-state index < -0.39 is 21.9 Å². The van der Waals surface area contributed by atoms with Crippen LogP contribution in [0.1, 0.15) is 29.9 Å². The molecule has 118 valence electrons. The Kier molecular flexibility index (Phi) is 3.96. The Labute approximate surface area is 132 Å². The van der Waals surface area contributed by atoms with Crippen molar-refractivity contribution in [2.45, 2.75) is 30.1 Å². The first-order chi connectivity index (χ1) is 10.4. The molecule has 1 unspecified atom stereocenters. The van der Waals surface area contributed by atoms with Crippen molar-refractivity contribution in [3.05, 3.63) is 46.6 Å². The van der Waals surface area contributed by atoms with Gasteiger partial charge in [-0.25, -0.2) is 12.8 Å². The molecule has 2 heterocycles. The number of thiophene rings is 1. The van der Waals surface area contributed by atoms with E-state index in [1.54, 1.807) is 6.07 Å². The molecule has 1 aromatic carbocycles. The van der Waals surface area contributed by atoms with Gasteiger partial charge in [-0.05, 0) is 43.2 Å². The number of benzene rings is 1. The Morgan fingerprint density at radius 1 is 1.36 bits per heavy atom. The van der Waals surface area contributed by atoms with Gasteiger partial charge in [-0.15, -0.1) is 11.3 Å². The fourth-order valence-corrected chi connectivity index (χ4v) is 5.50. The molecule has 1 aliphatic rings. The fraction of sp³-hybridized carbons (Fsp3) is 0.333. The lowest BCUT2D eigenvalue weighted by Crippen LogP contribution is -2.36. The topological polar surface area (TPSA) is 57.6 Å². The van der Waals surface area contributed by atoms with E-state index in [-0.39, 0.29) is 17.2 Å². The van der Waals surface area contributed by atoms with Gasteiger partial charge in [0, 0.05) is 17.0 Å². The summed E-state index contributed by atoms with van der Waals surface area (Å²) in [5.41, 5.74) is 0.675. The van der Waals surface area contributed by atoms with E-state index in [4.69, 9.17) is 0 Å². The molecule has 0 spiro atoms. The number of rotatable bonds is 3. The van der Waals surface area contributed by atoms with Crippen molar-refractivity contribution in [3.8, 4) is 0 Å². The maximum atomic E-state index is 13.4. The van der Waals surface area contributed by atoms with Gasteiger partial charge in [-0.3, -0.25) is 4.31 Å². The molecule has 0 radical (unpaired) electrons. The van der Waals surface area contributed by atoms with E-state index in [9.17, 15) is 17.9 Å². The van der Waals surface area contributed by atoms with Gasteiger partial charge in [0.05, 0.1) is 11.8 Å². The van der Waals surface area contributed by atoms with E-state index >= 15 is 0 Å². The normalized spacial score (nSPS) is 18.3. The van der Waals surface area contributed by atoms with Crippen LogP contribution in [-0.4, -0.2) is 20.1 Å². The molecule has 1 aromatic heterocycles. The van der Waals surface area contributed by atoms with Gasteiger partial charge in [-0.1, -0.05) is 6.92 Å². The second-order valence-corrected chi connectivity index (χ2v) is 8.42. The van der Waals surface area contributed by atoms with Crippen molar-refractivity contribution in [1.29, 1.82) is 0 Å². The summed E-state index contributed by atoms with van der Waals surface area (Å²) in [5.74, 6) is -0.485. The molecule has 7 heteroatoms.